The number of furan rings is 1. The number of aliphatic carboxylic acids is 1. The lowest BCUT2D eigenvalue weighted by Crippen LogP contribution is -2.53. The smallest absolute Gasteiger partial charge is 0.323 e. The number of hydrogen-bond donors (Lipinski definition) is 2. The lowest BCUT2D eigenvalue weighted by molar-refractivity contribution is -0.150. The number of nitrogens with zero attached hydrogens (tertiary/aromatic N) is 1. The van der Waals surface area contributed by atoms with Crippen molar-refractivity contribution in [3.8, 4) is 0 Å². The Balaban J connectivity index is 2.62. The number of rotatable bonds is 7. The first-order chi connectivity index (χ1) is 9.28. The molecule has 1 amide bonds. The molecule has 0 spiro atoms. The summed E-state index contributed by atoms with van der Waals surface area (Å²) in [6.07, 6.45) is 1.55. The number of nitrogens with one attached hydrogen (secondary N) is 1. The van der Waals surface area contributed by atoms with Crippen LogP contribution in [0.25, 0.3) is 0 Å². The van der Waals surface area contributed by atoms with Crippen molar-refractivity contribution in [2.24, 2.45) is 0 Å². The van der Waals surface area contributed by atoms with Gasteiger partial charge in [0.05, 0.1) is 18.8 Å². The Bertz CT molecular complexity index is 454. The number of carbonyl (C=O) groups is 2. The molecule has 20 heavy (non-hydrogen) atoms. The molecule has 0 aliphatic rings. The van der Waals surface area contributed by atoms with E-state index < -0.39 is 11.5 Å². The minimum atomic E-state index is -1.08. The maximum Gasteiger partial charge on any atom is 0.323 e. The molecule has 2 N–H and O–H groups in total. The van der Waals surface area contributed by atoms with Crippen LogP contribution < -0.4 is 5.32 Å². The topological polar surface area (TPSA) is 82.8 Å². The SMILES string of the molecule is CCN(CC(=O)NC(C)c1ccco1)C(C)(C)C(=O)O. The van der Waals surface area contributed by atoms with Crippen LogP contribution in [0.5, 0.6) is 0 Å². The molecule has 0 bridgehead atoms. The summed E-state index contributed by atoms with van der Waals surface area (Å²) in [6.45, 7) is 7.32. The van der Waals surface area contributed by atoms with Crippen LogP contribution in [0.1, 0.15) is 39.5 Å². The van der Waals surface area contributed by atoms with Crippen LogP contribution in [0.3, 0.4) is 0 Å². The highest BCUT2D eigenvalue weighted by Gasteiger charge is 2.34. The van der Waals surface area contributed by atoms with Gasteiger partial charge < -0.3 is 14.8 Å². The Morgan fingerprint density at radius 3 is 2.60 bits per heavy atom. The van der Waals surface area contributed by atoms with Gasteiger partial charge in [-0.15, -0.1) is 0 Å². The molecule has 6 nitrogen and oxygen atoms in total. The van der Waals surface area contributed by atoms with E-state index in [1.165, 1.54) is 0 Å². The Kier molecular flexibility index (Phi) is 5.33. The van der Waals surface area contributed by atoms with Crippen molar-refractivity contribution in [2.75, 3.05) is 13.1 Å². The van der Waals surface area contributed by atoms with E-state index in [1.54, 1.807) is 37.1 Å². The molecule has 1 aromatic heterocycles. The third kappa shape index (κ3) is 3.84. The summed E-state index contributed by atoms with van der Waals surface area (Å²) in [5, 5.41) is 12.0. The number of carboxylic acids is 1. The molecule has 1 heterocycles. The molecule has 6 heteroatoms. The zero-order valence-electron chi connectivity index (χ0n) is 12.3. The van der Waals surface area contributed by atoms with E-state index >= 15 is 0 Å². The van der Waals surface area contributed by atoms with Crippen molar-refractivity contribution in [1.82, 2.24) is 10.2 Å². The Hall–Kier alpha value is -1.82. The van der Waals surface area contributed by atoms with E-state index in [4.69, 9.17) is 4.42 Å². The molecule has 0 aliphatic carbocycles. The quantitative estimate of drug-likeness (QED) is 0.794. The third-order valence-electron chi connectivity index (χ3n) is 3.38. The van der Waals surface area contributed by atoms with Gasteiger partial charge in [-0.25, -0.2) is 0 Å². The minimum absolute atomic E-state index is 0.0286. The van der Waals surface area contributed by atoms with Crippen LogP contribution in [0.4, 0.5) is 0 Å². The average molecular weight is 282 g/mol. The van der Waals surface area contributed by atoms with Gasteiger partial charge in [0.2, 0.25) is 5.91 Å². The van der Waals surface area contributed by atoms with Gasteiger partial charge in [-0.05, 0) is 39.4 Å². The van der Waals surface area contributed by atoms with Gasteiger partial charge in [0.1, 0.15) is 11.3 Å². The summed E-state index contributed by atoms with van der Waals surface area (Å²) in [7, 11) is 0. The first-order valence-electron chi connectivity index (χ1n) is 6.60. The van der Waals surface area contributed by atoms with E-state index in [1.807, 2.05) is 13.8 Å². The van der Waals surface area contributed by atoms with E-state index in [-0.39, 0.29) is 18.5 Å². The molecule has 1 unspecified atom stereocenters. The number of hydrogen-bond acceptors (Lipinski definition) is 4. The third-order valence-corrected chi connectivity index (χ3v) is 3.38. The Labute approximate surface area is 118 Å². The first kappa shape index (κ1) is 16.2. The summed E-state index contributed by atoms with van der Waals surface area (Å²) in [4.78, 5) is 24.8. The fraction of sp³-hybridized carbons (Fsp3) is 0.571. The maximum absolute atomic E-state index is 12.0. The van der Waals surface area contributed by atoms with Gasteiger partial charge in [-0.2, -0.15) is 0 Å². The van der Waals surface area contributed by atoms with E-state index in [0.29, 0.717) is 12.3 Å². The standard InChI is InChI=1S/C14H22N2O4/c1-5-16(14(3,4)13(18)19)9-12(17)15-10(2)11-7-6-8-20-11/h6-8,10H,5,9H2,1-4H3,(H,15,17)(H,18,19). The highest BCUT2D eigenvalue weighted by molar-refractivity contribution is 5.81. The molecule has 0 saturated heterocycles. The summed E-state index contributed by atoms with van der Waals surface area (Å²) >= 11 is 0. The van der Waals surface area contributed by atoms with Gasteiger partial charge in [-0.3, -0.25) is 14.5 Å². The second kappa shape index (κ2) is 6.56. The van der Waals surface area contributed by atoms with Crippen LogP contribution >= 0.6 is 0 Å². The largest absolute Gasteiger partial charge is 0.480 e. The van der Waals surface area contributed by atoms with Gasteiger partial charge in [0.15, 0.2) is 0 Å². The highest BCUT2D eigenvalue weighted by atomic mass is 16.4. The molecule has 0 radical (unpaired) electrons. The predicted octanol–water partition coefficient (Wildman–Crippen LogP) is 1.64. The number of carbonyl (C=O) groups excluding carboxylic acids is 1. The normalized spacial score (nSPS) is 13.2. The second-order valence-corrected chi connectivity index (χ2v) is 5.18. The molecule has 1 rings (SSSR count). The van der Waals surface area contributed by atoms with Crippen LogP contribution in [0.2, 0.25) is 0 Å². The molecule has 0 saturated carbocycles. The van der Waals surface area contributed by atoms with Gasteiger partial charge >= 0.3 is 5.97 Å². The minimum Gasteiger partial charge on any atom is -0.480 e. The maximum atomic E-state index is 12.0. The van der Waals surface area contributed by atoms with Gasteiger partial charge in [0.25, 0.3) is 0 Å². The molecule has 0 aliphatic heterocycles. The fourth-order valence-electron chi connectivity index (χ4n) is 1.91. The van der Waals surface area contributed by atoms with E-state index in [9.17, 15) is 14.7 Å². The van der Waals surface area contributed by atoms with Gasteiger partial charge in [-0.1, -0.05) is 6.92 Å². The average Bonchev–Trinajstić information content (AvgIpc) is 2.89. The van der Waals surface area contributed by atoms with E-state index in [0.717, 1.165) is 0 Å². The van der Waals surface area contributed by atoms with Crippen molar-refractivity contribution < 1.29 is 19.1 Å². The van der Waals surface area contributed by atoms with Crippen LogP contribution in [0.15, 0.2) is 22.8 Å². The molecular formula is C14H22N2O4. The van der Waals surface area contributed by atoms with Crippen molar-refractivity contribution >= 4 is 11.9 Å². The summed E-state index contributed by atoms with van der Waals surface area (Å²) < 4.78 is 5.21. The number of amides is 1. The molecule has 1 atom stereocenters. The van der Waals surface area contributed by atoms with Crippen LogP contribution in [-0.2, 0) is 9.59 Å². The molecule has 0 aromatic carbocycles. The summed E-state index contributed by atoms with van der Waals surface area (Å²) in [6, 6.07) is 3.29. The fourth-order valence-corrected chi connectivity index (χ4v) is 1.91. The monoisotopic (exact) mass is 282 g/mol. The van der Waals surface area contributed by atoms with Gasteiger partial charge in [0, 0.05) is 0 Å². The van der Waals surface area contributed by atoms with Crippen molar-refractivity contribution in [2.45, 2.75) is 39.3 Å². The summed E-state index contributed by atoms with van der Waals surface area (Å²) in [5.74, 6) is -0.518. The number of carboxylic acid groups (broad SMARTS) is 1. The van der Waals surface area contributed by atoms with Crippen LogP contribution in [-0.4, -0.2) is 40.5 Å². The Morgan fingerprint density at radius 2 is 2.15 bits per heavy atom. The lowest BCUT2D eigenvalue weighted by Gasteiger charge is -2.33. The lowest BCUT2D eigenvalue weighted by atomic mass is 10.0. The van der Waals surface area contributed by atoms with Crippen molar-refractivity contribution in [3.05, 3.63) is 24.2 Å². The molecule has 0 fully saturated rings. The Morgan fingerprint density at radius 1 is 1.50 bits per heavy atom. The molecule has 112 valence electrons. The molecular weight excluding hydrogens is 260 g/mol. The second-order valence-electron chi connectivity index (χ2n) is 5.18. The zero-order chi connectivity index (χ0) is 15.3. The summed E-state index contributed by atoms with van der Waals surface area (Å²) in [5.41, 5.74) is -1.08. The van der Waals surface area contributed by atoms with E-state index in [2.05, 4.69) is 5.32 Å². The predicted molar refractivity (Wildman–Crippen MR) is 74.2 cm³/mol. The first-order valence-corrected chi connectivity index (χ1v) is 6.60. The molecule has 1 aromatic rings. The van der Waals surface area contributed by atoms with Crippen molar-refractivity contribution in [1.29, 1.82) is 0 Å². The highest BCUT2D eigenvalue weighted by Crippen LogP contribution is 2.15. The number of likely N-dealkylation sites (N-methyl/N-ethyl adjacent to an activating group) is 1. The van der Waals surface area contributed by atoms with Crippen molar-refractivity contribution in [3.63, 3.8) is 0 Å². The zero-order valence-corrected chi connectivity index (χ0v) is 12.3. The van der Waals surface area contributed by atoms with Crippen LogP contribution in [0, 0.1) is 0 Å².